The largest absolute Gasteiger partial charge is 0.493 e. The summed E-state index contributed by atoms with van der Waals surface area (Å²) in [6, 6.07) is 4.68. The van der Waals surface area contributed by atoms with Crippen molar-refractivity contribution in [3.63, 3.8) is 0 Å². The molecule has 1 fully saturated rings. The van der Waals surface area contributed by atoms with E-state index in [9.17, 15) is 17.6 Å². The second-order valence-corrected chi connectivity index (χ2v) is 11.0. The monoisotopic (exact) mass is 555 g/mol. The maximum Gasteiger partial charge on any atom is 0.275 e. The zero-order valence-electron chi connectivity index (χ0n) is 21.5. The van der Waals surface area contributed by atoms with Gasteiger partial charge in [-0.15, -0.1) is 12.4 Å². The molecule has 0 radical (unpaired) electrons. The molecule has 1 aliphatic heterocycles. The summed E-state index contributed by atoms with van der Waals surface area (Å²) >= 11 is 0. The summed E-state index contributed by atoms with van der Waals surface area (Å²) in [6.45, 7) is 5.88. The molecular weight excluding hydrogens is 521 g/mol. The van der Waals surface area contributed by atoms with Crippen molar-refractivity contribution in [2.45, 2.75) is 38.0 Å². The van der Waals surface area contributed by atoms with Crippen LogP contribution < -0.4 is 10.3 Å². The van der Waals surface area contributed by atoms with E-state index in [0.717, 1.165) is 24.8 Å². The maximum absolute atomic E-state index is 13.5. The van der Waals surface area contributed by atoms with Crippen molar-refractivity contribution in [3.8, 4) is 17.1 Å². The number of hydrogen-bond acceptors (Lipinski definition) is 6. The third-order valence-corrected chi connectivity index (χ3v) is 8.35. The number of fused-ring (bicyclic) bond motifs is 1. The lowest BCUT2D eigenvalue weighted by Crippen LogP contribution is -2.49. The molecule has 0 unspecified atom stereocenters. The smallest absolute Gasteiger partial charge is 0.275 e. The summed E-state index contributed by atoms with van der Waals surface area (Å²) in [5.41, 5.74) is 2.18. The van der Waals surface area contributed by atoms with E-state index in [1.807, 2.05) is 25.1 Å². The van der Waals surface area contributed by atoms with Crippen LogP contribution in [0, 0.1) is 0 Å². The Bertz CT molecular complexity index is 1380. The Balaban J connectivity index is 0.00000380. The Hall–Kier alpha value is -2.47. The van der Waals surface area contributed by atoms with Gasteiger partial charge < -0.3 is 14.3 Å². The first-order valence-corrected chi connectivity index (χ1v) is 13.9. The van der Waals surface area contributed by atoms with Crippen LogP contribution in [0.4, 0.5) is 4.39 Å². The van der Waals surface area contributed by atoms with Crippen LogP contribution in [0.3, 0.4) is 0 Å². The van der Waals surface area contributed by atoms with E-state index in [2.05, 4.69) is 11.9 Å². The number of nitrogens with one attached hydrogen (secondary N) is 1. The number of sulfonamides is 1. The van der Waals surface area contributed by atoms with Crippen LogP contribution in [0.15, 0.2) is 34.1 Å². The van der Waals surface area contributed by atoms with Gasteiger partial charge in [0.1, 0.15) is 23.8 Å². The van der Waals surface area contributed by atoms with Crippen LogP contribution in [-0.2, 0) is 23.5 Å². The van der Waals surface area contributed by atoms with Crippen LogP contribution in [0.25, 0.3) is 22.4 Å². The number of halogens is 2. The average molecular weight is 556 g/mol. The van der Waals surface area contributed by atoms with E-state index in [1.165, 1.54) is 16.4 Å². The highest BCUT2D eigenvalue weighted by atomic mass is 35.5. The van der Waals surface area contributed by atoms with Gasteiger partial charge in [-0.2, -0.15) is 4.31 Å². The normalized spacial score (nSPS) is 15.1. The molecular formula is C25H35ClFN5O4S. The SMILES string of the molecule is CCCOc1ccc(S(=O)(=O)N2CCN(CCF)CC2)cc1-c1nc2c(CCC)cn(C)c2c(=O)[nH]1.Cl. The van der Waals surface area contributed by atoms with Crippen molar-refractivity contribution < 1.29 is 17.5 Å². The van der Waals surface area contributed by atoms with Gasteiger partial charge >= 0.3 is 0 Å². The molecule has 1 N–H and O–H groups in total. The van der Waals surface area contributed by atoms with Crippen LogP contribution in [0.5, 0.6) is 5.75 Å². The number of aromatic nitrogens is 3. The quantitative estimate of drug-likeness (QED) is 0.412. The average Bonchev–Trinajstić information content (AvgIpc) is 3.18. The fourth-order valence-electron chi connectivity index (χ4n) is 4.61. The molecule has 9 nitrogen and oxygen atoms in total. The van der Waals surface area contributed by atoms with Crippen molar-refractivity contribution in [2.75, 3.05) is 46.0 Å². The Morgan fingerprint density at radius 1 is 1.14 bits per heavy atom. The molecule has 2 aromatic heterocycles. The molecule has 0 spiro atoms. The number of hydrogen-bond donors (Lipinski definition) is 1. The summed E-state index contributed by atoms with van der Waals surface area (Å²) in [5, 5.41) is 0. The van der Waals surface area contributed by atoms with Gasteiger partial charge in [0.05, 0.1) is 22.6 Å². The highest BCUT2D eigenvalue weighted by molar-refractivity contribution is 7.89. The number of benzene rings is 1. The summed E-state index contributed by atoms with van der Waals surface area (Å²) in [5.74, 6) is 0.728. The molecule has 0 amide bonds. The third kappa shape index (κ3) is 6.00. The molecule has 0 aliphatic carbocycles. The molecule has 12 heteroatoms. The summed E-state index contributed by atoms with van der Waals surface area (Å²) in [6.07, 6.45) is 4.36. The first-order chi connectivity index (χ1) is 17.3. The van der Waals surface area contributed by atoms with Gasteiger partial charge in [-0.25, -0.2) is 17.8 Å². The van der Waals surface area contributed by atoms with Gasteiger partial charge in [-0.05, 0) is 36.6 Å². The molecule has 3 aromatic rings. The Morgan fingerprint density at radius 3 is 2.51 bits per heavy atom. The molecule has 0 bridgehead atoms. The fourth-order valence-corrected chi connectivity index (χ4v) is 6.06. The molecule has 1 aliphatic rings. The van der Waals surface area contributed by atoms with Crippen molar-refractivity contribution >= 4 is 33.5 Å². The van der Waals surface area contributed by atoms with Crippen molar-refractivity contribution in [3.05, 3.63) is 40.3 Å². The fraction of sp³-hybridized carbons (Fsp3) is 0.520. The summed E-state index contributed by atoms with van der Waals surface area (Å²) in [4.78, 5) is 22.7. The van der Waals surface area contributed by atoms with Crippen molar-refractivity contribution in [1.29, 1.82) is 0 Å². The summed E-state index contributed by atoms with van der Waals surface area (Å²) in [7, 11) is -1.99. The van der Waals surface area contributed by atoms with Gasteiger partial charge in [0, 0.05) is 46.0 Å². The number of piperazine rings is 1. The number of aromatic amines is 1. The molecule has 1 aromatic carbocycles. The third-order valence-electron chi connectivity index (χ3n) is 6.46. The predicted molar refractivity (Wildman–Crippen MR) is 145 cm³/mol. The topological polar surface area (TPSA) is 101 Å². The van der Waals surface area contributed by atoms with Crippen molar-refractivity contribution in [1.82, 2.24) is 23.7 Å². The molecule has 4 rings (SSSR count). The van der Waals surface area contributed by atoms with E-state index < -0.39 is 16.7 Å². The highest BCUT2D eigenvalue weighted by Crippen LogP contribution is 2.32. The molecule has 0 saturated carbocycles. The van der Waals surface area contributed by atoms with E-state index in [4.69, 9.17) is 9.72 Å². The Labute approximate surface area is 223 Å². The summed E-state index contributed by atoms with van der Waals surface area (Å²) < 4.78 is 48.7. The number of H-pyrrole nitrogens is 1. The number of rotatable bonds is 10. The highest BCUT2D eigenvalue weighted by Gasteiger charge is 2.29. The van der Waals surface area contributed by atoms with Crippen LogP contribution in [-0.4, -0.2) is 78.2 Å². The van der Waals surface area contributed by atoms with Gasteiger partial charge in [0.2, 0.25) is 10.0 Å². The van der Waals surface area contributed by atoms with Crippen LogP contribution in [0.2, 0.25) is 0 Å². The minimum Gasteiger partial charge on any atom is -0.493 e. The lowest BCUT2D eigenvalue weighted by molar-refractivity contribution is 0.177. The number of aryl methyl sites for hydroxylation is 2. The van der Waals surface area contributed by atoms with Gasteiger partial charge in [0.15, 0.2) is 0 Å². The standard InChI is InChI=1S/C25H34FN5O4S.ClH/c1-4-6-18-17-29(3)23-22(18)27-24(28-25(23)32)20-16-19(7-8-21(20)35-15-5-2)36(33,34)31-13-11-30(10-9-26)12-14-31;/h7-8,16-17H,4-6,9-15H2,1-3H3,(H,27,28,32);1H. The molecule has 37 heavy (non-hydrogen) atoms. The Morgan fingerprint density at radius 2 is 1.86 bits per heavy atom. The molecule has 3 heterocycles. The van der Waals surface area contributed by atoms with Crippen LogP contribution in [0.1, 0.15) is 32.3 Å². The zero-order valence-corrected chi connectivity index (χ0v) is 23.1. The zero-order chi connectivity index (χ0) is 25.9. The Kier molecular flexibility index (Phi) is 9.74. The first kappa shape index (κ1) is 29.1. The predicted octanol–water partition coefficient (Wildman–Crippen LogP) is 3.37. The van der Waals surface area contributed by atoms with E-state index >= 15 is 0 Å². The molecule has 0 atom stereocenters. The van der Waals surface area contributed by atoms with Crippen LogP contribution >= 0.6 is 12.4 Å². The number of nitrogens with zero attached hydrogens (tertiary/aromatic N) is 4. The lowest BCUT2D eigenvalue weighted by atomic mass is 10.1. The number of ether oxygens (including phenoxy) is 1. The van der Waals surface area contributed by atoms with Gasteiger partial charge in [0.25, 0.3) is 5.56 Å². The van der Waals surface area contributed by atoms with E-state index in [0.29, 0.717) is 48.6 Å². The number of alkyl halides is 1. The van der Waals surface area contributed by atoms with E-state index in [-0.39, 0.29) is 41.8 Å². The first-order valence-electron chi connectivity index (χ1n) is 12.4. The molecule has 204 valence electrons. The van der Waals surface area contributed by atoms with E-state index in [1.54, 1.807) is 10.6 Å². The maximum atomic E-state index is 13.5. The second-order valence-electron chi connectivity index (χ2n) is 9.07. The minimum absolute atomic E-state index is 0. The van der Waals surface area contributed by atoms with Gasteiger partial charge in [-0.1, -0.05) is 20.3 Å². The molecule has 1 saturated heterocycles. The lowest BCUT2D eigenvalue weighted by Gasteiger charge is -2.33. The second kappa shape index (κ2) is 12.4. The van der Waals surface area contributed by atoms with Gasteiger partial charge in [-0.3, -0.25) is 9.69 Å². The van der Waals surface area contributed by atoms with Crippen molar-refractivity contribution in [2.24, 2.45) is 7.05 Å². The minimum atomic E-state index is -3.80.